The number of allylic oxidation sites excluding steroid dienone is 1. The quantitative estimate of drug-likeness (QED) is 0.0901. The average molecular weight is 724 g/mol. The second-order valence-electron chi connectivity index (χ2n) is 14.0. The molecule has 2 heterocycles. The number of ether oxygens (including phenoxy) is 4. The van der Waals surface area contributed by atoms with Crippen LogP contribution in [0.25, 0.3) is 0 Å². The van der Waals surface area contributed by atoms with Crippen molar-refractivity contribution in [2.45, 2.75) is 101 Å². The lowest BCUT2D eigenvalue weighted by Crippen LogP contribution is -2.64. The van der Waals surface area contributed by atoms with Crippen molar-refractivity contribution >= 4 is 17.5 Å². The van der Waals surface area contributed by atoms with E-state index in [4.69, 9.17) is 28.9 Å². The van der Waals surface area contributed by atoms with Crippen molar-refractivity contribution in [3.8, 4) is 11.5 Å². The van der Waals surface area contributed by atoms with Gasteiger partial charge in [-0.25, -0.2) is 4.39 Å². The minimum Gasteiger partial charge on any atom is -0.489 e. The smallest absolute Gasteiger partial charge is 0.230 e. The minimum absolute atomic E-state index is 0.0372. The first-order chi connectivity index (χ1) is 25.0. The Balaban J connectivity index is 1.48. The van der Waals surface area contributed by atoms with Crippen LogP contribution in [0.3, 0.4) is 0 Å². The molecule has 0 amide bonds. The molecule has 0 bridgehead atoms. The fourth-order valence-electron chi connectivity index (χ4n) is 8.46. The summed E-state index contributed by atoms with van der Waals surface area (Å²) >= 11 is 1.82. The van der Waals surface area contributed by atoms with Gasteiger partial charge in [0.15, 0.2) is 0 Å². The lowest BCUT2D eigenvalue weighted by molar-refractivity contribution is -0.223. The summed E-state index contributed by atoms with van der Waals surface area (Å²) in [7, 11) is 0. The van der Waals surface area contributed by atoms with Gasteiger partial charge in [-0.15, -0.1) is 6.58 Å². The highest BCUT2D eigenvalue weighted by molar-refractivity contribution is 8.00. The SMILES string of the molecule is C=CCO[C@@]12Oc3ccc(OCc4ccccc4F)cc3[C@H]3[C@H](CCCCO)[C@@H](CCCCO)C=C(C(=NOC4CCCCO4)C[C@@H]1SCC)[C@H]32. The van der Waals surface area contributed by atoms with E-state index < -0.39 is 5.79 Å². The maximum Gasteiger partial charge on any atom is 0.230 e. The number of aliphatic hydroxyl groups is 2. The van der Waals surface area contributed by atoms with E-state index in [-0.39, 0.29) is 60.8 Å². The van der Waals surface area contributed by atoms with E-state index in [9.17, 15) is 14.6 Å². The fourth-order valence-corrected chi connectivity index (χ4v) is 9.63. The number of nitrogens with zero attached hydrogens (tertiary/aromatic N) is 1. The molecule has 2 aromatic carbocycles. The van der Waals surface area contributed by atoms with E-state index in [1.165, 1.54) is 6.07 Å². The van der Waals surface area contributed by atoms with Crippen molar-refractivity contribution in [2.24, 2.45) is 22.9 Å². The summed E-state index contributed by atoms with van der Waals surface area (Å²) in [5.41, 5.74) is 3.52. The van der Waals surface area contributed by atoms with Crippen molar-refractivity contribution < 1.29 is 38.4 Å². The maximum absolute atomic E-state index is 14.6. The van der Waals surface area contributed by atoms with Crippen LogP contribution < -0.4 is 9.47 Å². The van der Waals surface area contributed by atoms with Crippen LogP contribution >= 0.6 is 11.8 Å². The lowest BCUT2D eigenvalue weighted by Gasteiger charge is -2.58. The van der Waals surface area contributed by atoms with Gasteiger partial charge in [-0.1, -0.05) is 55.3 Å². The maximum atomic E-state index is 14.6. The first-order valence-corrected chi connectivity index (χ1v) is 19.9. The number of thioether (sulfide) groups is 1. The van der Waals surface area contributed by atoms with Gasteiger partial charge in [-0.3, -0.25) is 0 Å². The number of unbranched alkanes of at least 4 members (excludes halogenated alkanes) is 2. The van der Waals surface area contributed by atoms with Crippen molar-refractivity contribution in [1.29, 1.82) is 0 Å². The Morgan fingerprint density at radius 2 is 1.90 bits per heavy atom. The normalized spacial score (nSPS) is 29.0. The molecule has 278 valence electrons. The summed E-state index contributed by atoms with van der Waals surface area (Å²) in [5.74, 6) is 1.09. The number of oxime groups is 1. The topological polar surface area (TPSA) is 99.0 Å². The molecule has 0 radical (unpaired) electrons. The zero-order chi connectivity index (χ0) is 35.6. The largest absolute Gasteiger partial charge is 0.489 e. The first-order valence-electron chi connectivity index (χ1n) is 18.9. The Kier molecular flexibility index (Phi) is 13.5. The van der Waals surface area contributed by atoms with Crippen molar-refractivity contribution in [1.82, 2.24) is 0 Å². The summed E-state index contributed by atoms with van der Waals surface area (Å²) in [5, 5.41) is 24.4. The predicted molar refractivity (Wildman–Crippen MR) is 198 cm³/mol. The van der Waals surface area contributed by atoms with Gasteiger partial charge < -0.3 is 34.0 Å². The highest BCUT2D eigenvalue weighted by Crippen LogP contribution is 2.62. The Morgan fingerprint density at radius 1 is 1.08 bits per heavy atom. The van der Waals surface area contributed by atoms with E-state index in [1.807, 2.05) is 30.0 Å². The van der Waals surface area contributed by atoms with Crippen LogP contribution in [0.1, 0.15) is 88.2 Å². The fraction of sp³-hybridized carbons (Fsp3) is 0.585. The van der Waals surface area contributed by atoms with Crippen molar-refractivity contribution in [3.63, 3.8) is 0 Å². The molecule has 2 aromatic rings. The van der Waals surface area contributed by atoms with Crippen LogP contribution in [0.4, 0.5) is 4.39 Å². The molecule has 10 heteroatoms. The van der Waals surface area contributed by atoms with Crippen LogP contribution in [0.2, 0.25) is 0 Å². The standard InChI is InChI=1S/C41H54FNO7S/c1-3-22-48-41-37(51-4-2)26-35(43-50-38-17-9-12-23-46-38)32-24-28(13-7-10-20-44)31(15-8-11-21-45)39(40(32)41)33-25-30(18-19-36(33)49-41)47-27-29-14-5-6-16-34(29)42/h3,5-6,14,16,18-19,24-25,28,31,37-40,44-45H,1,4,7-13,15,17,20-23,26-27H2,2H3/t28-,31+,37-,38?,39+,40+,41+/m0/s1. The number of benzene rings is 2. The second kappa shape index (κ2) is 18.2. The third kappa shape index (κ3) is 8.51. The van der Waals surface area contributed by atoms with E-state index in [2.05, 4.69) is 25.6 Å². The predicted octanol–water partition coefficient (Wildman–Crippen LogP) is 8.32. The van der Waals surface area contributed by atoms with Crippen LogP contribution in [0.5, 0.6) is 11.5 Å². The highest BCUT2D eigenvalue weighted by Gasteiger charge is 2.63. The number of rotatable bonds is 18. The Hall–Kier alpha value is -2.89. The Labute approximate surface area is 306 Å². The average Bonchev–Trinajstić information content (AvgIpc) is 3.15. The molecule has 2 aliphatic carbocycles. The van der Waals surface area contributed by atoms with E-state index >= 15 is 0 Å². The number of hydrogen-bond acceptors (Lipinski definition) is 9. The zero-order valence-electron chi connectivity index (χ0n) is 29.9. The Morgan fingerprint density at radius 3 is 2.65 bits per heavy atom. The second-order valence-corrected chi connectivity index (χ2v) is 15.5. The van der Waals surface area contributed by atoms with Crippen LogP contribution in [0.15, 0.2) is 71.9 Å². The molecule has 2 N–H and O–H groups in total. The summed E-state index contributed by atoms with van der Waals surface area (Å²) in [6.45, 7) is 7.55. The number of hydrogen-bond donors (Lipinski definition) is 2. The van der Waals surface area contributed by atoms with Gasteiger partial charge in [0.1, 0.15) is 23.9 Å². The molecule has 1 saturated carbocycles. The summed E-state index contributed by atoms with van der Waals surface area (Å²) in [4.78, 5) is 6.15. The Bertz CT molecular complexity index is 1510. The molecule has 6 rings (SSSR count). The number of halogens is 1. The zero-order valence-corrected chi connectivity index (χ0v) is 30.7. The van der Waals surface area contributed by atoms with Gasteiger partial charge in [0, 0.05) is 43.1 Å². The first kappa shape index (κ1) is 37.9. The molecule has 1 saturated heterocycles. The highest BCUT2D eigenvalue weighted by atomic mass is 32.2. The molecule has 1 unspecified atom stereocenters. The molecule has 0 spiro atoms. The van der Waals surface area contributed by atoms with E-state index in [0.717, 1.165) is 86.1 Å². The summed E-state index contributed by atoms with van der Waals surface area (Å²) < 4.78 is 40.8. The molecule has 2 fully saturated rings. The number of fused-ring (bicyclic) bond motifs is 2. The third-order valence-electron chi connectivity index (χ3n) is 10.8. The van der Waals surface area contributed by atoms with Gasteiger partial charge in [0.05, 0.1) is 30.1 Å². The van der Waals surface area contributed by atoms with Gasteiger partial charge in [-0.05, 0) is 86.0 Å². The summed E-state index contributed by atoms with van der Waals surface area (Å²) in [6.07, 6.45) is 12.3. The van der Waals surface area contributed by atoms with Crippen LogP contribution in [-0.4, -0.2) is 65.4 Å². The van der Waals surface area contributed by atoms with Crippen LogP contribution in [-0.2, 0) is 20.9 Å². The number of aliphatic hydroxyl groups excluding tert-OH is 2. The third-order valence-corrected chi connectivity index (χ3v) is 12.0. The molecular weight excluding hydrogens is 670 g/mol. The molecule has 51 heavy (non-hydrogen) atoms. The lowest BCUT2D eigenvalue weighted by atomic mass is 9.56. The van der Waals surface area contributed by atoms with Gasteiger partial charge >= 0.3 is 0 Å². The van der Waals surface area contributed by atoms with Crippen molar-refractivity contribution in [3.05, 3.63) is 83.7 Å². The van der Waals surface area contributed by atoms with E-state index in [1.54, 1.807) is 18.2 Å². The van der Waals surface area contributed by atoms with E-state index in [0.29, 0.717) is 30.9 Å². The van der Waals surface area contributed by atoms with Gasteiger partial charge in [0.2, 0.25) is 12.1 Å². The molecule has 7 atom stereocenters. The molecule has 8 nitrogen and oxygen atoms in total. The molecular formula is C41H54FNO7S. The molecule has 0 aromatic heterocycles. The summed E-state index contributed by atoms with van der Waals surface area (Å²) in [6, 6.07) is 12.6. The monoisotopic (exact) mass is 723 g/mol. The van der Waals surface area contributed by atoms with Crippen molar-refractivity contribution in [2.75, 3.05) is 32.2 Å². The molecule has 2 aliphatic heterocycles. The van der Waals surface area contributed by atoms with Gasteiger partial charge in [0.25, 0.3) is 0 Å². The minimum atomic E-state index is -1.00. The molecule has 4 aliphatic rings. The van der Waals surface area contributed by atoms with Crippen LogP contribution in [0, 0.1) is 23.6 Å². The van der Waals surface area contributed by atoms with Gasteiger partial charge in [-0.2, -0.15) is 11.8 Å².